The number of benzene rings is 2. The molecule has 1 heterocycles. The number of carbonyl (C=O) groups excluding carboxylic acids is 2. The smallest absolute Gasteiger partial charge is 0.419 e. The Morgan fingerprint density at radius 1 is 1.10 bits per heavy atom. The monoisotopic (exact) mass is 426 g/mol. The van der Waals surface area contributed by atoms with E-state index in [0.29, 0.717) is 27.9 Å². The lowest BCUT2D eigenvalue weighted by atomic mass is 10.1. The van der Waals surface area contributed by atoms with Crippen LogP contribution in [0.1, 0.15) is 39.0 Å². The maximum Gasteiger partial charge on any atom is 0.419 e. The van der Waals surface area contributed by atoms with E-state index in [2.05, 4.69) is 0 Å². The van der Waals surface area contributed by atoms with Crippen LogP contribution in [0.5, 0.6) is 5.75 Å². The topological polar surface area (TPSA) is 60.8 Å². The highest BCUT2D eigenvalue weighted by Crippen LogP contribution is 2.30. The molecule has 31 heavy (non-hydrogen) atoms. The Balaban J connectivity index is 1.95. The molecular formula is C24H27FN2O4. The molecule has 2 aromatic carbocycles. The van der Waals surface area contributed by atoms with E-state index in [9.17, 15) is 14.0 Å². The molecule has 6 nitrogen and oxygen atoms in total. The molecule has 3 rings (SSSR count). The van der Waals surface area contributed by atoms with Crippen LogP contribution in [-0.2, 0) is 16.1 Å². The minimum atomic E-state index is -0.703. The summed E-state index contributed by atoms with van der Waals surface area (Å²) in [5.41, 5.74) is 1.60. The van der Waals surface area contributed by atoms with Crippen molar-refractivity contribution in [2.45, 2.75) is 46.8 Å². The molecule has 0 radical (unpaired) electrons. The molecule has 0 aliphatic heterocycles. The van der Waals surface area contributed by atoms with Crippen molar-refractivity contribution in [1.82, 2.24) is 4.57 Å². The number of carbonyl (C=O) groups is 2. The lowest BCUT2D eigenvalue weighted by Gasteiger charge is -2.21. The average Bonchev–Trinajstić information content (AvgIpc) is 2.98. The van der Waals surface area contributed by atoms with Crippen LogP contribution in [0.4, 0.5) is 14.9 Å². The van der Waals surface area contributed by atoms with E-state index >= 15 is 0 Å². The van der Waals surface area contributed by atoms with Gasteiger partial charge in [0.25, 0.3) is 0 Å². The molecule has 0 atom stereocenters. The first-order chi connectivity index (χ1) is 14.5. The Bertz CT molecular complexity index is 1130. The first-order valence-corrected chi connectivity index (χ1v) is 9.98. The second kappa shape index (κ2) is 8.41. The van der Waals surface area contributed by atoms with Crippen molar-refractivity contribution in [2.24, 2.45) is 0 Å². The SMILES string of the molecule is CC(=O)N(C)c1ccc(OCc2c(C)c3c(F)cccc3n2C(=O)OC(C)(C)C)cc1. The quantitative estimate of drug-likeness (QED) is 0.558. The van der Waals surface area contributed by atoms with Crippen LogP contribution in [0.25, 0.3) is 10.9 Å². The van der Waals surface area contributed by atoms with E-state index in [4.69, 9.17) is 9.47 Å². The molecule has 0 aliphatic rings. The Kier molecular flexibility index (Phi) is 6.06. The van der Waals surface area contributed by atoms with Gasteiger partial charge in [-0.2, -0.15) is 0 Å². The highest BCUT2D eigenvalue weighted by molar-refractivity contribution is 5.94. The average molecular weight is 426 g/mol. The van der Waals surface area contributed by atoms with Gasteiger partial charge in [-0.3, -0.25) is 4.79 Å². The van der Waals surface area contributed by atoms with Crippen LogP contribution in [0, 0.1) is 12.7 Å². The van der Waals surface area contributed by atoms with E-state index < -0.39 is 17.5 Å². The van der Waals surface area contributed by atoms with E-state index in [-0.39, 0.29) is 12.5 Å². The van der Waals surface area contributed by atoms with Crippen LogP contribution < -0.4 is 9.64 Å². The number of amides is 1. The third-order valence-corrected chi connectivity index (χ3v) is 4.96. The lowest BCUT2D eigenvalue weighted by Crippen LogP contribution is -2.28. The molecule has 0 bridgehead atoms. The van der Waals surface area contributed by atoms with Gasteiger partial charge in [0.2, 0.25) is 5.91 Å². The number of rotatable bonds is 4. The molecule has 164 valence electrons. The number of aromatic nitrogens is 1. The second-order valence-corrected chi connectivity index (χ2v) is 8.38. The Morgan fingerprint density at radius 2 is 1.74 bits per heavy atom. The molecule has 1 amide bonds. The number of ether oxygens (including phenoxy) is 2. The van der Waals surface area contributed by atoms with Crippen molar-refractivity contribution in [2.75, 3.05) is 11.9 Å². The van der Waals surface area contributed by atoms with Crippen LogP contribution in [0.3, 0.4) is 0 Å². The molecule has 1 aromatic heterocycles. The number of hydrogen-bond acceptors (Lipinski definition) is 4. The van der Waals surface area contributed by atoms with E-state index in [1.165, 1.54) is 22.5 Å². The molecule has 0 aliphatic carbocycles. The predicted molar refractivity (Wildman–Crippen MR) is 118 cm³/mol. The van der Waals surface area contributed by atoms with Gasteiger partial charge in [0.1, 0.15) is 23.8 Å². The fraction of sp³-hybridized carbons (Fsp3) is 0.333. The summed E-state index contributed by atoms with van der Waals surface area (Å²) >= 11 is 0. The first kappa shape index (κ1) is 22.3. The number of aryl methyl sites for hydroxylation is 1. The number of nitrogens with zero attached hydrogens (tertiary/aromatic N) is 2. The minimum Gasteiger partial charge on any atom is -0.487 e. The lowest BCUT2D eigenvalue weighted by molar-refractivity contribution is -0.116. The molecule has 0 unspecified atom stereocenters. The third kappa shape index (κ3) is 4.71. The Hall–Kier alpha value is -3.35. The Labute approximate surface area is 181 Å². The first-order valence-electron chi connectivity index (χ1n) is 9.98. The standard InChI is InChI=1S/C24H27FN2O4/c1-15-21(14-30-18-12-10-17(11-13-18)26(6)16(2)28)27(23(29)31-24(3,4)5)20-9-7-8-19(25)22(15)20/h7-13H,14H2,1-6H3. The maximum absolute atomic E-state index is 14.6. The highest BCUT2D eigenvalue weighted by Gasteiger charge is 2.25. The zero-order chi connectivity index (χ0) is 22.9. The number of halogens is 1. The van der Waals surface area contributed by atoms with Gasteiger partial charge in [0.05, 0.1) is 11.2 Å². The molecule has 3 aromatic rings. The van der Waals surface area contributed by atoms with Crippen LogP contribution in [-0.4, -0.2) is 29.2 Å². The van der Waals surface area contributed by atoms with Crippen molar-refractivity contribution in [3.63, 3.8) is 0 Å². The van der Waals surface area contributed by atoms with Gasteiger partial charge in [0, 0.05) is 25.0 Å². The zero-order valence-electron chi connectivity index (χ0n) is 18.7. The molecular weight excluding hydrogens is 399 g/mol. The van der Waals surface area contributed by atoms with Crippen LogP contribution in [0.2, 0.25) is 0 Å². The summed E-state index contributed by atoms with van der Waals surface area (Å²) in [5.74, 6) is 0.0740. The van der Waals surface area contributed by atoms with Gasteiger partial charge in [-0.1, -0.05) is 6.07 Å². The maximum atomic E-state index is 14.6. The summed E-state index contributed by atoms with van der Waals surface area (Å²) in [6.45, 7) is 8.62. The normalized spacial score (nSPS) is 11.5. The molecule has 7 heteroatoms. The van der Waals surface area contributed by atoms with Crippen LogP contribution in [0.15, 0.2) is 42.5 Å². The number of anilines is 1. The summed E-state index contributed by atoms with van der Waals surface area (Å²) in [5, 5.41) is 0.366. The fourth-order valence-electron chi connectivity index (χ4n) is 3.32. The zero-order valence-corrected chi connectivity index (χ0v) is 18.7. The van der Waals surface area contributed by atoms with Gasteiger partial charge in [-0.05, 0) is 69.7 Å². The van der Waals surface area contributed by atoms with Gasteiger partial charge < -0.3 is 14.4 Å². The summed E-state index contributed by atoms with van der Waals surface area (Å²) in [6, 6.07) is 11.6. The van der Waals surface area contributed by atoms with Crippen molar-refractivity contribution in [1.29, 1.82) is 0 Å². The number of fused-ring (bicyclic) bond motifs is 1. The van der Waals surface area contributed by atoms with Crippen molar-refractivity contribution in [3.05, 3.63) is 59.5 Å². The molecule has 0 spiro atoms. The fourth-order valence-corrected chi connectivity index (χ4v) is 3.32. The van der Waals surface area contributed by atoms with E-state index in [1.54, 1.807) is 71.1 Å². The summed E-state index contributed by atoms with van der Waals surface area (Å²) in [6.07, 6.45) is -0.590. The van der Waals surface area contributed by atoms with Gasteiger partial charge in [-0.15, -0.1) is 0 Å². The number of hydrogen-bond donors (Lipinski definition) is 0. The highest BCUT2D eigenvalue weighted by atomic mass is 19.1. The summed E-state index contributed by atoms with van der Waals surface area (Å²) in [4.78, 5) is 26.0. The summed E-state index contributed by atoms with van der Waals surface area (Å²) < 4.78 is 27.4. The Morgan fingerprint density at radius 3 is 2.32 bits per heavy atom. The van der Waals surface area contributed by atoms with Crippen molar-refractivity contribution in [3.8, 4) is 5.75 Å². The third-order valence-electron chi connectivity index (χ3n) is 4.96. The van der Waals surface area contributed by atoms with Gasteiger partial charge in [0.15, 0.2) is 0 Å². The largest absolute Gasteiger partial charge is 0.487 e. The van der Waals surface area contributed by atoms with E-state index in [1.807, 2.05) is 0 Å². The van der Waals surface area contributed by atoms with E-state index in [0.717, 1.165) is 5.69 Å². The van der Waals surface area contributed by atoms with Crippen LogP contribution >= 0.6 is 0 Å². The van der Waals surface area contributed by atoms with Crippen molar-refractivity contribution >= 4 is 28.6 Å². The van der Waals surface area contributed by atoms with Gasteiger partial charge in [-0.25, -0.2) is 13.8 Å². The molecule has 0 saturated carbocycles. The molecule has 0 fully saturated rings. The van der Waals surface area contributed by atoms with Gasteiger partial charge >= 0.3 is 6.09 Å². The van der Waals surface area contributed by atoms with Crippen molar-refractivity contribution < 1.29 is 23.5 Å². The minimum absolute atomic E-state index is 0.0427. The molecule has 0 N–H and O–H groups in total. The second-order valence-electron chi connectivity index (χ2n) is 8.38. The predicted octanol–water partition coefficient (Wildman–Crippen LogP) is 5.43. The molecule has 0 saturated heterocycles. The summed E-state index contributed by atoms with van der Waals surface area (Å²) in [7, 11) is 1.69.